The number of hydrogen-bond acceptors (Lipinski definition) is 4. The van der Waals surface area contributed by atoms with E-state index in [2.05, 4.69) is 46.4 Å². The molecule has 1 fully saturated rings. The standard InChI is InChI=1S/C23H26N4O/c1-2-20(22-19-14-17(24)8-11-21(19)26-23(22)28)25-18-9-6-16(7-10-18)15-27-12-4-3-5-13-27/h2,6-11,14,25H,1,3-5,12-13,15,24H2,(H,26,28)/b22-20-. The minimum Gasteiger partial charge on any atom is -0.399 e. The maximum atomic E-state index is 12.5. The van der Waals surface area contributed by atoms with Gasteiger partial charge in [-0.15, -0.1) is 0 Å². The molecule has 2 aromatic carbocycles. The zero-order valence-corrected chi connectivity index (χ0v) is 16.0. The number of fused-ring (bicyclic) bond motifs is 1. The van der Waals surface area contributed by atoms with E-state index in [9.17, 15) is 4.79 Å². The molecule has 4 rings (SSSR count). The van der Waals surface area contributed by atoms with Crippen molar-refractivity contribution in [1.29, 1.82) is 0 Å². The highest BCUT2D eigenvalue weighted by molar-refractivity contribution is 6.33. The number of anilines is 3. The van der Waals surface area contributed by atoms with Gasteiger partial charge in [-0.3, -0.25) is 9.69 Å². The Morgan fingerprint density at radius 1 is 1.14 bits per heavy atom. The van der Waals surface area contributed by atoms with E-state index in [1.54, 1.807) is 12.1 Å². The predicted molar refractivity (Wildman–Crippen MR) is 116 cm³/mol. The van der Waals surface area contributed by atoms with Gasteiger partial charge in [0.05, 0.1) is 11.3 Å². The van der Waals surface area contributed by atoms with Gasteiger partial charge >= 0.3 is 0 Å². The zero-order valence-electron chi connectivity index (χ0n) is 16.0. The van der Waals surface area contributed by atoms with Crippen molar-refractivity contribution in [3.63, 3.8) is 0 Å². The van der Waals surface area contributed by atoms with Crippen LogP contribution in [0.4, 0.5) is 17.1 Å². The highest BCUT2D eigenvalue weighted by Crippen LogP contribution is 2.35. The van der Waals surface area contributed by atoms with E-state index >= 15 is 0 Å². The van der Waals surface area contributed by atoms with Crippen molar-refractivity contribution >= 4 is 28.5 Å². The molecule has 0 aliphatic carbocycles. The van der Waals surface area contributed by atoms with Crippen molar-refractivity contribution in [2.24, 2.45) is 0 Å². The minimum absolute atomic E-state index is 0.148. The Kier molecular flexibility index (Phi) is 5.17. The molecule has 1 saturated heterocycles. The number of piperidine rings is 1. The Balaban J connectivity index is 1.54. The predicted octanol–water partition coefficient (Wildman–Crippen LogP) is 4.22. The van der Waals surface area contributed by atoms with Crippen LogP contribution in [0.25, 0.3) is 5.57 Å². The number of carbonyl (C=O) groups is 1. The lowest BCUT2D eigenvalue weighted by Gasteiger charge is -2.26. The molecule has 2 heterocycles. The topological polar surface area (TPSA) is 70.4 Å². The molecule has 1 amide bonds. The number of nitrogens with two attached hydrogens (primary N) is 1. The van der Waals surface area contributed by atoms with E-state index in [4.69, 9.17) is 5.73 Å². The monoisotopic (exact) mass is 374 g/mol. The first kappa shape index (κ1) is 18.3. The molecular weight excluding hydrogens is 348 g/mol. The fourth-order valence-corrected chi connectivity index (χ4v) is 3.89. The molecule has 0 spiro atoms. The van der Waals surface area contributed by atoms with Gasteiger partial charge in [0.25, 0.3) is 5.91 Å². The van der Waals surface area contributed by atoms with E-state index in [1.807, 2.05) is 12.1 Å². The number of carbonyl (C=O) groups excluding carboxylic acids is 1. The van der Waals surface area contributed by atoms with E-state index < -0.39 is 0 Å². The highest BCUT2D eigenvalue weighted by Gasteiger charge is 2.27. The van der Waals surface area contributed by atoms with Crippen molar-refractivity contribution in [1.82, 2.24) is 4.90 Å². The van der Waals surface area contributed by atoms with Gasteiger partial charge in [-0.2, -0.15) is 0 Å². The number of nitrogen functional groups attached to an aromatic ring is 1. The number of amides is 1. The van der Waals surface area contributed by atoms with Crippen LogP contribution in [0.15, 0.2) is 60.8 Å². The molecule has 144 valence electrons. The molecule has 0 unspecified atom stereocenters. The first-order valence-electron chi connectivity index (χ1n) is 9.80. The summed E-state index contributed by atoms with van der Waals surface area (Å²) < 4.78 is 0. The normalized spacial score (nSPS) is 18.4. The molecular formula is C23H26N4O. The number of benzene rings is 2. The summed E-state index contributed by atoms with van der Waals surface area (Å²) in [4.78, 5) is 15.0. The number of nitrogens with zero attached hydrogens (tertiary/aromatic N) is 1. The summed E-state index contributed by atoms with van der Waals surface area (Å²) >= 11 is 0. The van der Waals surface area contributed by atoms with Crippen LogP contribution < -0.4 is 16.4 Å². The first-order chi connectivity index (χ1) is 13.6. The van der Waals surface area contributed by atoms with E-state index in [0.717, 1.165) is 23.5 Å². The Morgan fingerprint density at radius 3 is 2.61 bits per heavy atom. The molecule has 0 bridgehead atoms. The lowest BCUT2D eigenvalue weighted by molar-refractivity contribution is -0.110. The molecule has 2 aliphatic heterocycles. The summed E-state index contributed by atoms with van der Waals surface area (Å²) in [5, 5.41) is 6.22. The lowest BCUT2D eigenvalue weighted by Crippen LogP contribution is -2.29. The first-order valence-corrected chi connectivity index (χ1v) is 9.80. The van der Waals surface area contributed by atoms with Crippen LogP contribution in [0.2, 0.25) is 0 Å². The van der Waals surface area contributed by atoms with Gasteiger partial charge in [0, 0.05) is 29.2 Å². The third-order valence-corrected chi connectivity index (χ3v) is 5.35. The van der Waals surface area contributed by atoms with Gasteiger partial charge in [0.2, 0.25) is 0 Å². The minimum atomic E-state index is -0.148. The van der Waals surface area contributed by atoms with Gasteiger partial charge in [-0.05, 0) is 67.9 Å². The fraction of sp³-hybridized carbons (Fsp3) is 0.261. The third-order valence-electron chi connectivity index (χ3n) is 5.35. The average Bonchev–Trinajstić information content (AvgIpc) is 3.03. The number of hydrogen-bond donors (Lipinski definition) is 3. The molecule has 5 heteroatoms. The summed E-state index contributed by atoms with van der Waals surface area (Å²) in [7, 11) is 0. The molecule has 0 saturated carbocycles. The molecule has 5 nitrogen and oxygen atoms in total. The van der Waals surface area contributed by atoms with Gasteiger partial charge in [-0.25, -0.2) is 0 Å². The maximum absolute atomic E-state index is 12.5. The quantitative estimate of drug-likeness (QED) is 0.541. The van der Waals surface area contributed by atoms with Crippen LogP contribution in [0.5, 0.6) is 0 Å². The Bertz CT molecular complexity index is 924. The van der Waals surface area contributed by atoms with Gasteiger partial charge in [-0.1, -0.05) is 25.1 Å². The molecule has 0 radical (unpaired) electrons. The second-order valence-electron chi connectivity index (χ2n) is 7.41. The number of allylic oxidation sites excluding steroid dienone is 1. The van der Waals surface area contributed by atoms with E-state index in [0.29, 0.717) is 17.0 Å². The van der Waals surface area contributed by atoms with Crippen molar-refractivity contribution in [2.45, 2.75) is 25.8 Å². The lowest BCUT2D eigenvalue weighted by atomic mass is 10.0. The fourth-order valence-electron chi connectivity index (χ4n) is 3.89. The molecule has 2 aromatic rings. The maximum Gasteiger partial charge on any atom is 0.258 e. The van der Waals surface area contributed by atoms with Crippen molar-refractivity contribution in [3.8, 4) is 0 Å². The molecule has 0 atom stereocenters. The smallest absolute Gasteiger partial charge is 0.258 e. The number of likely N-dealkylation sites (tertiary alicyclic amines) is 1. The number of nitrogens with one attached hydrogen (secondary N) is 2. The van der Waals surface area contributed by atoms with Gasteiger partial charge < -0.3 is 16.4 Å². The van der Waals surface area contributed by atoms with Crippen LogP contribution in [0, 0.1) is 0 Å². The van der Waals surface area contributed by atoms with Crippen LogP contribution in [0.3, 0.4) is 0 Å². The van der Waals surface area contributed by atoms with Gasteiger partial charge in [0.15, 0.2) is 0 Å². The summed E-state index contributed by atoms with van der Waals surface area (Å²) in [6, 6.07) is 13.8. The largest absolute Gasteiger partial charge is 0.399 e. The summed E-state index contributed by atoms with van der Waals surface area (Å²) in [6.07, 6.45) is 5.61. The third kappa shape index (κ3) is 3.80. The van der Waals surface area contributed by atoms with E-state index in [1.165, 1.54) is 37.9 Å². The Labute approximate surface area is 165 Å². The van der Waals surface area contributed by atoms with Crippen LogP contribution in [0.1, 0.15) is 30.4 Å². The van der Waals surface area contributed by atoms with Crippen molar-refractivity contribution in [3.05, 3.63) is 71.9 Å². The van der Waals surface area contributed by atoms with Crippen molar-refractivity contribution in [2.75, 3.05) is 29.5 Å². The number of rotatable bonds is 5. The zero-order chi connectivity index (χ0) is 19.5. The molecule has 4 N–H and O–H groups in total. The van der Waals surface area contributed by atoms with Crippen LogP contribution in [-0.2, 0) is 11.3 Å². The second kappa shape index (κ2) is 7.90. The molecule has 0 aromatic heterocycles. The van der Waals surface area contributed by atoms with Crippen LogP contribution >= 0.6 is 0 Å². The Morgan fingerprint density at radius 2 is 1.89 bits per heavy atom. The molecule has 28 heavy (non-hydrogen) atoms. The Hall–Kier alpha value is -3.05. The summed E-state index contributed by atoms with van der Waals surface area (Å²) in [5.41, 5.74) is 11.6. The summed E-state index contributed by atoms with van der Waals surface area (Å²) in [6.45, 7) is 7.25. The molecule has 2 aliphatic rings. The highest BCUT2D eigenvalue weighted by atomic mass is 16.2. The SMILES string of the molecule is C=C/C(Nc1ccc(CN2CCCCC2)cc1)=C1/C(=O)Nc2ccc(N)cc21. The van der Waals surface area contributed by atoms with Gasteiger partial charge in [0.1, 0.15) is 0 Å². The van der Waals surface area contributed by atoms with Crippen LogP contribution in [-0.4, -0.2) is 23.9 Å². The van der Waals surface area contributed by atoms with E-state index in [-0.39, 0.29) is 5.91 Å². The summed E-state index contributed by atoms with van der Waals surface area (Å²) in [5.74, 6) is -0.148. The van der Waals surface area contributed by atoms with Crippen molar-refractivity contribution < 1.29 is 4.79 Å². The second-order valence-corrected chi connectivity index (χ2v) is 7.41. The average molecular weight is 374 g/mol.